The molecule has 0 spiro atoms. The third kappa shape index (κ3) is 4.68. The van der Waals surface area contributed by atoms with E-state index in [9.17, 15) is 4.79 Å². The van der Waals surface area contributed by atoms with Crippen molar-refractivity contribution in [2.24, 2.45) is 0 Å². The first-order valence-corrected chi connectivity index (χ1v) is 7.14. The van der Waals surface area contributed by atoms with Gasteiger partial charge < -0.3 is 10.1 Å². The fourth-order valence-corrected chi connectivity index (χ4v) is 1.97. The molecule has 1 N–H and O–H groups in total. The van der Waals surface area contributed by atoms with Crippen LogP contribution in [0.5, 0.6) is 0 Å². The summed E-state index contributed by atoms with van der Waals surface area (Å²) >= 11 is 0. The van der Waals surface area contributed by atoms with E-state index >= 15 is 0 Å². The average molecular weight is 284 g/mol. The van der Waals surface area contributed by atoms with Gasteiger partial charge in [0.25, 0.3) is 5.91 Å². The van der Waals surface area contributed by atoms with Crippen LogP contribution in [0.25, 0.3) is 0 Å². The van der Waals surface area contributed by atoms with Crippen LogP contribution in [0.3, 0.4) is 0 Å². The summed E-state index contributed by atoms with van der Waals surface area (Å²) in [7, 11) is 0. The van der Waals surface area contributed by atoms with Gasteiger partial charge in [-0.05, 0) is 29.7 Å². The molecule has 2 rings (SSSR count). The minimum Gasteiger partial charge on any atom is -0.377 e. The largest absolute Gasteiger partial charge is 0.377 e. The highest BCUT2D eigenvalue weighted by Crippen LogP contribution is 2.10. The molecule has 4 nitrogen and oxygen atoms in total. The molecule has 1 aromatic carbocycles. The van der Waals surface area contributed by atoms with Gasteiger partial charge in [-0.15, -0.1) is 0 Å². The molecule has 0 unspecified atom stereocenters. The van der Waals surface area contributed by atoms with Gasteiger partial charge >= 0.3 is 0 Å². The highest BCUT2D eigenvalue weighted by atomic mass is 16.5. The Hall–Kier alpha value is -2.20. The van der Waals surface area contributed by atoms with Crippen molar-refractivity contribution in [3.05, 3.63) is 65.5 Å². The molecular formula is C17H20N2O2. The minimum absolute atomic E-state index is 0.118. The molecule has 4 heteroatoms. The van der Waals surface area contributed by atoms with E-state index in [1.807, 2.05) is 24.3 Å². The fourth-order valence-electron chi connectivity index (χ4n) is 1.97. The van der Waals surface area contributed by atoms with Gasteiger partial charge in [0.2, 0.25) is 0 Å². The molecule has 0 fully saturated rings. The number of rotatable bonds is 7. The molecule has 0 atom stereocenters. The lowest BCUT2D eigenvalue weighted by Crippen LogP contribution is -2.23. The minimum atomic E-state index is -0.118. The van der Waals surface area contributed by atoms with Gasteiger partial charge in [0, 0.05) is 25.5 Å². The van der Waals surface area contributed by atoms with Gasteiger partial charge in [0.15, 0.2) is 0 Å². The number of nitrogens with zero attached hydrogens (tertiary/aromatic N) is 1. The highest BCUT2D eigenvalue weighted by molar-refractivity contribution is 5.93. The van der Waals surface area contributed by atoms with Crippen LogP contribution in [0.4, 0.5) is 0 Å². The SMILES string of the molecule is CCCOCc1ccccc1CNC(=O)c1cccnc1. The zero-order chi connectivity index (χ0) is 14.9. The van der Waals surface area contributed by atoms with Crippen molar-refractivity contribution in [2.75, 3.05) is 6.61 Å². The third-order valence-electron chi connectivity index (χ3n) is 3.09. The van der Waals surface area contributed by atoms with Crippen molar-refractivity contribution in [1.29, 1.82) is 0 Å². The van der Waals surface area contributed by atoms with E-state index in [1.165, 1.54) is 0 Å². The number of hydrogen-bond acceptors (Lipinski definition) is 3. The Morgan fingerprint density at radius 2 is 2.00 bits per heavy atom. The van der Waals surface area contributed by atoms with Crippen molar-refractivity contribution < 1.29 is 9.53 Å². The molecule has 0 aliphatic rings. The van der Waals surface area contributed by atoms with E-state index in [4.69, 9.17) is 4.74 Å². The topological polar surface area (TPSA) is 51.2 Å². The molecule has 0 saturated heterocycles. The zero-order valence-corrected chi connectivity index (χ0v) is 12.2. The lowest BCUT2D eigenvalue weighted by Gasteiger charge is -2.11. The first kappa shape index (κ1) is 15.2. The fraction of sp³-hybridized carbons (Fsp3) is 0.294. The molecular weight excluding hydrogens is 264 g/mol. The van der Waals surface area contributed by atoms with Crippen LogP contribution < -0.4 is 5.32 Å². The van der Waals surface area contributed by atoms with Crippen molar-refractivity contribution in [3.63, 3.8) is 0 Å². The summed E-state index contributed by atoms with van der Waals surface area (Å²) in [6.45, 7) is 3.89. The van der Waals surface area contributed by atoms with Crippen molar-refractivity contribution in [3.8, 4) is 0 Å². The molecule has 1 aromatic heterocycles. The second-order valence-electron chi connectivity index (χ2n) is 4.75. The maximum atomic E-state index is 12.0. The van der Waals surface area contributed by atoms with Crippen LogP contribution >= 0.6 is 0 Å². The van der Waals surface area contributed by atoms with Crippen LogP contribution in [0, 0.1) is 0 Å². The Kier molecular flexibility index (Phi) is 5.91. The molecule has 2 aromatic rings. The maximum Gasteiger partial charge on any atom is 0.253 e. The summed E-state index contributed by atoms with van der Waals surface area (Å²) in [5.41, 5.74) is 2.75. The van der Waals surface area contributed by atoms with Gasteiger partial charge in [-0.2, -0.15) is 0 Å². The van der Waals surface area contributed by atoms with Crippen molar-refractivity contribution >= 4 is 5.91 Å². The number of aromatic nitrogens is 1. The predicted octanol–water partition coefficient (Wildman–Crippen LogP) is 2.94. The van der Waals surface area contributed by atoms with E-state index in [1.54, 1.807) is 24.5 Å². The Labute approximate surface area is 125 Å². The number of nitrogens with one attached hydrogen (secondary N) is 1. The molecule has 0 aliphatic heterocycles. The van der Waals surface area contributed by atoms with Gasteiger partial charge in [-0.3, -0.25) is 9.78 Å². The second kappa shape index (κ2) is 8.17. The molecule has 1 amide bonds. The van der Waals surface area contributed by atoms with Crippen molar-refractivity contribution in [2.45, 2.75) is 26.5 Å². The van der Waals surface area contributed by atoms with E-state index in [0.717, 1.165) is 24.2 Å². The van der Waals surface area contributed by atoms with E-state index in [0.29, 0.717) is 18.7 Å². The Balaban J connectivity index is 1.95. The Morgan fingerprint density at radius 3 is 2.71 bits per heavy atom. The molecule has 1 heterocycles. The number of ether oxygens (including phenoxy) is 1. The van der Waals surface area contributed by atoms with Crippen LogP contribution in [0.2, 0.25) is 0 Å². The normalized spacial score (nSPS) is 10.3. The van der Waals surface area contributed by atoms with E-state index in [2.05, 4.69) is 17.2 Å². The third-order valence-corrected chi connectivity index (χ3v) is 3.09. The summed E-state index contributed by atoms with van der Waals surface area (Å²) in [6.07, 6.45) is 4.21. The molecule has 0 radical (unpaired) electrons. The van der Waals surface area contributed by atoms with Gasteiger partial charge in [-0.25, -0.2) is 0 Å². The van der Waals surface area contributed by atoms with Crippen LogP contribution in [0.1, 0.15) is 34.8 Å². The summed E-state index contributed by atoms with van der Waals surface area (Å²) in [5, 5.41) is 2.91. The van der Waals surface area contributed by atoms with Crippen LogP contribution in [-0.4, -0.2) is 17.5 Å². The van der Waals surface area contributed by atoms with E-state index in [-0.39, 0.29) is 5.91 Å². The summed E-state index contributed by atoms with van der Waals surface area (Å²) in [4.78, 5) is 16.0. The summed E-state index contributed by atoms with van der Waals surface area (Å²) in [6, 6.07) is 11.5. The number of hydrogen-bond donors (Lipinski definition) is 1. The molecule has 0 aliphatic carbocycles. The number of amides is 1. The standard InChI is InChI=1S/C17H20N2O2/c1-2-10-21-13-16-7-4-3-6-14(16)12-19-17(20)15-8-5-9-18-11-15/h3-9,11H,2,10,12-13H2,1H3,(H,19,20). The van der Waals surface area contributed by atoms with Gasteiger partial charge in [0.1, 0.15) is 0 Å². The smallest absolute Gasteiger partial charge is 0.253 e. The number of carbonyl (C=O) groups is 1. The van der Waals surface area contributed by atoms with Crippen LogP contribution in [0.15, 0.2) is 48.8 Å². The Bertz CT molecular complexity index is 570. The first-order chi connectivity index (χ1) is 10.3. The lowest BCUT2D eigenvalue weighted by atomic mass is 10.1. The number of benzene rings is 1. The second-order valence-corrected chi connectivity index (χ2v) is 4.75. The van der Waals surface area contributed by atoms with Gasteiger partial charge in [0.05, 0.1) is 12.2 Å². The number of carbonyl (C=O) groups excluding carboxylic acids is 1. The average Bonchev–Trinajstić information content (AvgIpc) is 2.54. The lowest BCUT2D eigenvalue weighted by molar-refractivity contribution is 0.0949. The van der Waals surface area contributed by atoms with Crippen molar-refractivity contribution in [1.82, 2.24) is 10.3 Å². The highest BCUT2D eigenvalue weighted by Gasteiger charge is 2.07. The van der Waals surface area contributed by atoms with Crippen LogP contribution in [-0.2, 0) is 17.9 Å². The predicted molar refractivity (Wildman–Crippen MR) is 81.8 cm³/mol. The maximum absolute atomic E-state index is 12.0. The quantitative estimate of drug-likeness (QED) is 0.795. The summed E-state index contributed by atoms with van der Waals surface area (Å²) in [5.74, 6) is -0.118. The number of pyridine rings is 1. The molecule has 0 saturated carbocycles. The van der Waals surface area contributed by atoms with Gasteiger partial charge in [-0.1, -0.05) is 31.2 Å². The zero-order valence-electron chi connectivity index (χ0n) is 12.2. The molecule has 0 bridgehead atoms. The van der Waals surface area contributed by atoms with E-state index < -0.39 is 0 Å². The monoisotopic (exact) mass is 284 g/mol. The summed E-state index contributed by atoms with van der Waals surface area (Å²) < 4.78 is 5.58. The Morgan fingerprint density at radius 1 is 1.19 bits per heavy atom. The first-order valence-electron chi connectivity index (χ1n) is 7.14. The molecule has 21 heavy (non-hydrogen) atoms. The molecule has 110 valence electrons.